The van der Waals surface area contributed by atoms with Gasteiger partial charge in [0.25, 0.3) is 0 Å². The summed E-state index contributed by atoms with van der Waals surface area (Å²) < 4.78 is 11.4. The van der Waals surface area contributed by atoms with Crippen LogP contribution in [0.5, 0.6) is 0 Å². The molecule has 1 fully saturated rings. The maximum atomic E-state index is 13.6. The summed E-state index contributed by atoms with van der Waals surface area (Å²) in [4.78, 5) is 41.3. The molecule has 1 aliphatic heterocycles. The van der Waals surface area contributed by atoms with Gasteiger partial charge < -0.3 is 20.1 Å². The summed E-state index contributed by atoms with van der Waals surface area (Å²) in [6.07, 6.45) is 2.43. The van der Waals surface area contributed by atoms with Crippen LogP contribution in [0.1, 0.15) is 78.4 Å². The van der Waals surface area contributed by atoms with Crippen LogP contribution < -0.4 is 10.6 Å². The number of rotatable bonds is 12. The number of alkyl carbamates (subject to hydrolysis) is 1. The van der Waals surface area contributed by atoms with Gasteiger partial charge in [-0.05, 0) is 50.7 Å². The number of hydrogen-bond donors (Lipinski definition) is 2. The van der Waals surface area contributed by atoms with Gasteiger partial charge >= 0.3 is 12.1 Å². The molecule has 8 heteroatoms. The van der Waals surface area contributed by atoms with Gasteiger partial charge in [0.1, 0.15) is 18.2 Å². The molecule has 3 rings (SSSR count). The third-order valence-corrected chi connectivity index (χ3v) is 7.62. The minimum Gasteiger partial charge on any atom is -0.459 e. The normalized spacial score (nSPS) is 19.9. The monoisotopic (exact) mass is 565 g/mol. The highest BCUT2D eigenvalue weighted by molar-refractivity contribution is 5.78. The molecule has 0 bridgehead atoms. The number of esters is 1. The fourth-order valence-corrected chi connectivity index (χ4v) is 5.66. The van der Waals surface area contributed by atoms with Gasteiger partial charge in [-0.15, -0.1) is 0 Å². The SMILES string of the molecule is CCC(CC)C[C@H](NC(C)=O)[C@H]1[C@H](NC(=O)OCc2ccccc2)C[C@H](C(=O)OC(C)(C)C)N1Cc1ccccc1. The summed E-state index contributed by atoms with van der Waals surface area (Å²) in [7, 11) is 0. The van der Waals surface area contributed by atoms with E-state index >= 15 is 0 Å². The van der Waals surface area contributed by atoms with E-state index in [2.05, 4.69) is 29.4 Å². The Bertz CT molecular complexity index is 1110. The second-order valence-corrected chi connectivity index (χ2v) is 12.0. The summed E-state index contributed by atoms with van der Waals surface area (Å²) in [5.41, 5.74) is 1.24. The molecule has 8 nitrogen and oxygen atoms in total. The third kappa shape index (κ3) is 9.88. The molecule has 1 aliphatic rings. The first-order valence-electron chi connectivity index (χ1n) is 14.8. The minimum atomic E-state index is -0.669. The lowest BCUT2D eigenvalue weighted by molar-refractivity contribution is -0.161. The first-order chi connectivity index (χ1) is 19.5. The number of nitrogens with zero attached hydrogens (tertiary/aromatic N) is 1. The zero-order chi connectivity index (χ0) is 30.0. The average Bonchev–Trinajstić information content (AvgIpc) is 3.27. The maximum Gasteiger partial charge on any atom is 0.407 e. The lowest BCUT2D eigenvalue weighted by Gasteiger charge is -2.38. The molecule has 1 saturated heterocycles. The van der Waals surface area contributed by atoms with Crippen LogP contribution in [0, 0.1) is 5.92 Å². The molecule has 2 amide bonds. The lowest BCUT2D eigenvalue weighted by Crippen LogP contribution is -2.58. The fourth-order valence-electron chi connectivity index (χ4n) is 5.66. The van der Waals surface area contributed by atoms with Crippen LogP contribution >= 0.6 is 0 Å². The van der Waals surface area contributed by atoms with Crippen molar-refractivity contribution in [3.8, 4) is 0 Å². The van der Waals surface area contributed by atoms with E-state index in [0.717, 1.165) is 30.4 Å². The van der Waals surface area contributed by atoms with Crippen LogP contribution in [0.3, 0.4) is 0 Å². The smallest absolute Gasteiger partial charge is 0.407 e. The van der Waals surface area contributed by atoms with Crippen LogP contribution in [0.15, 0.2) is 60.7 Å². The number of amides is 2. The zero-order valence-corrected chi connectivity index (χ0v) is 25.4. The van der Waals surface area contributed by atoms with Crippen molar-refractivity contribution < 1.29 is 23.9 Å². The molecule has 0 aromatic heterocycles. The topological polar surface area (TPSA) is 97.0 Å². The highest BCUT2D eigenvalue weighted by Crippen LogP contribution is 2.34. The highest BCUT2D eigenvalue weighted by atomic mass is 16.6. The van der Waals surface area contributed by atoms with Crippen molar-refractivity contribution >= 4 is 18.0 Å². The molecule has 224 valence electrons. The lowest BCUT2D eigenvalue weighted by atomic mass is 9.88. The van der Waals surface area contributed by atoms with Crippen molar-refractivity contribution in [2.45, 2.75) is 110 Å². The zero-order valence-electron chi connectivity index (χ0n) is 25.4. The Morgan fingerprint density at radius 1 is 0.951 bits per heavy atom. The number of carbonyl (C=O) groups is 3. The predicted molar refractivity (Wildman–Crippen MR) is 160 cm³/mol. The molecule has 1 heterocycles. The number of hydrogen-bond acceptors (Lipinski definition) is 6. The fraction of sp³-hybridized carbons (Fsp3) is 0.545. The van der Waals surface area contributed by atoms with E-state index in [1.54, 1.807) is 0 Å². The Hall–Kier alpha value is -3.39. The number of ether oxygens (including phenoxy) is 2. The number of carbonyl (C=O) groups excluding carboxylic acids is 3. The summed E-state index contributed by atoms with van der Waals surface area (Å²) in [5, 5.41) is 6.24. The van der Waals surface area contributed by atoms with Crippen molar-refractivity contribution in [1.82, 2.24) is 15.5 Å². The summed E-state index contributed by atoms with van der Waals surface area (Å²) in [6.45, 7) is 12.0. The van der Waals surface area contributed by atoms with Crippen molar-refractivity contribution in [2.24, 2.45) is 5.92 Å². The van der Waals surface area contributed by atoms with Gasteiger partial charge in [0.05, 0.1) is 12.1 Å². The predicted octanol–water partition coefficient (Wildman–Crippen LogP) is 5.60. The van der Waals surface area contributed by atoms with Gasteiger partial charge in [-0.3, -0.25) is 14.5 Å². The maximum absolute atomic E-state index is 13.6. The molecule has 0 radical (unpaired) electrons. The minimum absolute atomic E-state index is 0.135. The molecule has 4 atom stereocenters. The molecule has 0 spiro atoms. The van der Waals surface area contributed by atoms with Crippen molar-refractivity contribution in [3.63, 3.8) is 0 Å². The van der Waals surface area contributed by atoms with E-state index in [1.807, 2.05) is 81.4 Å². The summed E-state index contributed by atoms with van der Waals surface area (Å²) in [6, 6.07) is 17.7. The Morgan fingerprint density at radius 3 is 2.07 bits per heavy atom. The quantitative estimate of drug-likeness (QED) is 0.326. The molecule has 0 aliphatic carbocycles. The van der Waals surface area contributed by atoms with Crippen molar-refractivity contribution in [1.29, 1.82) is 0 Å². The first-order valence-corrected chi connectivity index (χ1v) is 14.8. The van der Waals surface area contributed by atoms with Crippen LogP contribution in [0.4, 0.5) is 4.79 Å². The van der Waals surface area contributed by atoms with Crippen LogP contribution in [0.25, 0.3) is 0 Å². The van der Waals surface area contributed by atoms with E-state index < -0.39 is 23.8 Å². The van der Waals surface area contributed by atoms with Gasteiger partial charge in [0, 0.05) is 19.5 Å². The Morgan fingerprint density at radius 2 is 1.54 bits per heavy atom. The summed E-state index contributed by atoms with van der Waals surface area (Å²) >= 11 is 0. The molecule has 0 saturated carbocycles. The van der Waals surface area contributed by atoms with Gasteiger partial charge in [-0.2, -0.15) is 0 Å². The van der Waals surface area contributed by atoms with Gasteiger partial charge in [0.2, 0.25) is 5.91 Å². The van der Waals surface area contributed by atoms with Crippen LogP contribution in [-0.4, -0.2) is 52.6 Å². The van der Waals surface area contributed by atoms with Gasteiger partial charge in [-0.1, -0.05) is 87.4 Å². The van der Waals surface area contributed by atoms with Gasteiger partial charge in [0.15, 0.2) is 0 Å². The van der Waals surface area contributed by atoms with E-state index in [0.29, 0.717) is 18.9 Å². The third-order valence-electron chi connectivity index (χ3n) is 7.62. The Kier molecular flexibility index (Phi) is 11.8. The molecule has 2 aromatic rings. The van der Waals surface area contributed by atoms with E-state index in [9.17, 15) is 14.4 Å². The molecular formula is C33H47N3O5. The van der Waals surface area contributed by atoms with Crippen LogP contribution in [0.2, 0.25) is 0 Å². The van der Waals surface area contributed by atoms with E-state index in [-0.39, 0.29) is 30.6 Å². The second-order valence-electron chi connectivity index (χ2n) is 12.0. The molecule has 41 heavy (non-hydrogen) atoms. The number of nitrogens with one attached hydrogen (secondary N) is 2. The van der Waals surface area contributed by atoms with Crippen LogP contribution in [-0.2, 0) is 32.2 Å². The second kappa shape index (κ2) is 15.0. The summed E-state index contributed by atoms with van der Waals surface area (Å²) in [5.74, 6) is -0.118. The number of benzene rings is 2. The number of likely N-dealkylation sites (tertiary alicyclic amines) is 1. The largest absolute Gasteiger partial charge is 0.459 e. The molecule has 0 unspecified atom stereocenters. The standard InChI is InChI=1S/C33H47N3O5/c1-7-24(8-2)19-27(34-23(3)37)30-28(35-32(39)40-22-26-17-13-10-14-18-26)20-29(31(38)41-33(4,5)6)36(30)21-25-15-11-9-12-16-25/h9-18,24,27-30H,7-8,19-22H2,1-6H3,(H,34,37)(H,35,39)/t27-,28+,29+,30-/m0/s1. The van der Waals surface area contributed by atoms with Crippen molar-refractivity contribution in [2.75, 3.05) is 0 Å². The Balaban J connectivity index is 1.98. The van der Waals surface area contributed by atoms with E-state index in [1.165, 1.54) is 6.92 Å². The van der Waals surface area contributed by atoms with E-state index in [4.69, 9.17) is 9.47 Å². The molecule has 2 N–H and O–H groups in total. The Labute approximate surface area is 245 Å². The molecule has 2 aromatic carbocycles. The van der Waals surface area contributed by atoms with Crippen molar-refractivity contribution in [3.05, 3.63) is 71.8 Å². The van der Waals surface area contributed by atoms with Gasteiger partial charge in [-0.25, -0.2) is 4.79 Å². The highest BCUT2D eigenvalue weighted by Gasteiger charge is 2.50. The first kappa shape index (κ1) is 32.1. The molecular weight excluding hydrogens is 518 g/mol. The average molecular weight is 566 g/mol.